The van der Waals surface area contributed by atoms with Gasteiger partial charge in [-0.25, -0.2) is 0 Å². The van der Waals surface area contributed by atoms with Crippen molar-refractivity contribution in [1.82, 2.24) is 15.4 Å². The first-order chi connectivity index (χ1) is 10.2. The van der Waals surface area contributed by atoms with Gasteiger partial charge in [-0.05, 0) is 11.5 Å². The molecule has 4 nitrogen and oxygen atoms in total. The van der Waals surface area contributed by atoms with Crippen LogP contribution in [0.3, 0.4) is 0 Å². The Morgan fingerprint density at radius 2 is 2.10 bits per heavy atom. The monoisotopic (exact) mass is 285 g/mol. The third-order valence-corrected chi connectivity index (χ3v) is 4.28. The van der Waals surface area contributed by atoms with Crippen LogP contribution >= 0.6 is 0 Å². The Kier molecular flexibility index (Phi) is 4.36. The molecule has 0 amide bonds. The Labute approximate surface area is 126 Å². The molecular formula is C17H23N3O. The van der Waals surface area contributed by atoms with Crippen LogP contribution in [-0.2, 0) is 6.54 Å². The van der Waals surface area contributed by atoms with E-state index in [2.05, 4.69) is 59.6 Å². The van der Waals surface area contributed by atoms with Crippen LogP contribution in [-0.4, -0.2) is 29.2 Å². The first-order valence-electron chi connectivity index (χ1n) is 7.66. The second kappa shape index (κ2) is 6.41. The SMILES string of the molecule is CC(C)C1CN(Cc2ccno2)C(c2ccccc2)CN1. The quantitative estimate of drug-likeness (QED) is 0.938. The van der Waals surface area contributed by atoms with Gasteiger partial charge in [0.1, 0.15) is 0 Å². The van der Waals surface area contributed by atoms with Crippen LogP contribution in [0, 0.1) is 5.92 Å². The number of benzene rings is 1. The van der Waals surface area contributed by atoms with E-state index in [-0.39, 0.29) is 0 Å². The summed E-state index contributed by atoms with van der Waals surface area (Å²) in [6, 6.07) is 13.5. The van der Waals surface area contributed by atoms with Gasteiger partial charge in [0.25, 0.3) is 0 Å². The molecule has 1 saturated heterocycles. The van der Waals surface area contributed by atoms with Gasteiger partial charge >= 0.3 is 0 Å². The molecule has 112 valence electrons. The normalized spacial score (nSPS) is 23.6. The lowest BCUT2D eigenvalue weighted by Gasteiger charge is -2.41. The van der Waals surface area contributed by atoms with Crippen LogP contribution in [0.15, 0.2) is 47.1 Å². The predicted molar refractivity (Wildman–Crippen MR) is 82.7 cm³/mol. The molecule has 4 heteroatoms. The van der Waals surface area contributed by atoms with Crippen molar-refractivity contribution in [1.29, 1.82) is 0 Å². The van der Waals surface area contributed by atoms with E-state index >= 15 is 0 Å². The van der Waals surface area contributed by atoms with Crippen LogP contribution in [0.25, 0.3) is 0 Å². The standard InChI is InChI=1S/C17H23N3O/c1-13(2)16-12-20(11-15-8-9-19-21-15)17(10-18-16)14-6-4-3-5-7-14/h3-9,13,16-18H,10-12H2,1-2H3. The number of hydrogen-bond acceptors (Lipinski definition) is 4. The van der Waals surface area contributed by atoms with Crippen molar-refractivity contribution >= 4 is 0 Å². The van der Waals surface area contributed by atoms with Gasteiger partial charge in [-0.15, -0.1) is 0 Å². The molecule has 1 aliphatic rings. The molecule has 1 aromatic carbocycles. The maximum absolute atomic E-state index is 5.30. The number of nitrogens with one attached hydrogen (secondary N) is 1. The fourth-order valence-electron chi connectivity index (χ4n) is 2.99. The highest BCUT2D eigenvalue weighted by Gasteiger charge is 2.30. The molecule has 1 fully saturated rings. The van der Waals surface area contributed by atoms with Crippen LogP contribution in [0.5, 0.6) is 0 Å². The molecule has 1 aromatic heterocycles. The van der Waals surface area contributed by atoms with Crippen molar-refractivity contribution in [3.63, 3.8) is 0 Å². The molecule has 0 bridgehead atoms. The highest BCUT2D eigenvalue weighted by atomic mass is 16.5. The van der Waals surface area contributed by atoms with Gasteiger partial charge in [0.2, 0.25) is 0 Å². The lowest BCUT2D eigenvalue weighted by atomic mass is 9.96. The zero-order chi connectivity index (χ0) is 14.7. The lowest BCUT2D eigenvalue weighted by molar-refractivity contribution is 0.0957. The van der Waals surface area contributed by atoms with E-state index in [1.807, 2.05) is 6.07 Å². The van der Waals surface area contributed by atoms with E-state index in [1.165, 1.54) is 5.56 Å². The molecule has 3 rings (SSSR count). The minimum atomic E-state index is 0.381. The van der Waals surface area contributed by atoms with Crippen LogP contribution in [0.2, 0.25) is 0 Å². The highest BCUT2D eigenvalue weighted by molar-refractivity contribution is 5.20. The van der Waals surface area contributed by atoms with Crippen LogP contribution < -0.4 is 5.32 Å². The molecular weight excluding hydrogens is 262 g/mol. The summed E-state index contributed by atoms with van der Waals surface area (Å²) >= 11 is 0. The number of hydrogen-bond donors (Lipinski definition) is 1. The van der Waals surface area contributed by atoms with Crippen molar-refractivity contribution in [2.24, 2.45) is 5.92 Å². The summed E-state index contributed by atoms with van der Waals surface area (Å²) in [5, 5.41) is 7.51. The van der Waals surface area contributed by atoms with Crippen LogP contribution in [0.4, 0.5) is 0 Å². The van der Waals surface area contributed by atoms with E-state index in [9.17, 15) is 0 Å². The zero-order valence-corrected chi connectivity index (χ0v) is 12.7. The Hall–Kier alpha value is -1.65. The summed E-state index contributed by atoms with van der Waals surface area (Å²) < 4.78 is 5.30. The molecule has 2 aromatic rings. The second-order valence-corrected chi connectivity index (χ2v) is 6.09. The van der Waals surface area contributed by atoms with E-state index in [1.54, 1.807) is 6.20 Å². The molecule has 21 heavy (non-hydrogen) atoms. The van der Waals surface area contributed by atoms with Gasteiger partial charge < -0.3 is 9.84 Å². The molecule has 2 atom stereocenters. The van der Waals surface area contributed by atoms with Gasteiger partial charge in [-0.2, -0.15) is 0 Å². The molecule has 1 aliphatic heterocycles. The summed E-state index contributed by atoms with van der Waals surface area (Å²) in [6.07, 6.45) is 1.72. The van der Waals surface area contributed by atoms with E-state index < -0.39 is 0 Å². The number of aromatic nitrogens is 1. The summed E-state index contributed by atoms with van der Waals surface area (Å²) in [6.45, 7) is 7.35. The van der Waals surface area contributed by atoms with Gasteiger partial charge in [-0.1, -0.05) is 49.3 Å². The van der Waals surface area contributed by atoms with Gasteiger partial charge in [-0.3, -0.25) is 4.90 Å². The molecule has 0 aliphatic carbocycles. The van der Waals surface area contributed by atoms with Gasteiger partial charge in [0.15, 0.2) is 5.76 Å². The Morgan fingerprint density at radius 1 is 1.29 bits per heavy atom. The Balaban J connectivity index is 1.80. The van der Waals surface area contributed by atoms with Crippen LogP contribution in [0.1, 0.15) is 31.2 Å². The summed E-state index contributed by atoms with van der Waals surface area (Å²) in [5.74, 6) is 1.55. The molecule has 2 unspecified atom stereocenters. The Bertz CT molecular complexity index is 538. The minimum absolute atomic E-state index is 0.381. The molecule has 1 N–H and O–H groups in total. The maximum atomic E-state index is 5.30. The average Bonchev–Trinajstić information content (AvgIpc) is 3.01. The summed E-state index contributed by atoms with van der Waals surface area (Å²) in [4.78, 5) is 2.50. The molecule has 0 radical (unpaired) electrons. The smallest absolute Gasteiger partial charge is 0.150 e. The lowest BCUT2D eigenvalue weighted by Crippen LogP contribution is -2.53. The maximum Gasteiger partial charge on any atom is 0.150 e. The minimum Gasteiger partial charge on any atom is -0.360 e. The third kappa shape index (κ3) is 3.34. The summed E-state index contributed by atoms with van der Waals surface area (Å²) in [7, 11) is 0. The van der Waals surface area contributed by atoms with E-state index in [0.29, 0.717) is 18.0 Å². The van der Waals surface area contributed by atoms with Crippen molar-refractivity contribution in [2.45, 2.75) is 32.5 Å². The zero-order valence-electron chi connectivity index (χ0n) is 12.7. The highest BCUT2D eigenvalue weighted by Crippen LogP contribution is 2.26. The molecule has 2 heterocycles. The fourth-order valence-corrected chi connectivity index (χ4v) is 2.99. The van der Waals surface area contributed by atoms with Gasteiger partial charge in [0, 0.05) is 31.2 Å². The van der Waals surface area contributed by atoms with Crippen molar-refractivity contribution < 1.29 is 4.52 Å². The van der Waals surface area contributed by atoms with Crippen molar-refractivity contribution in [3.05, 3.63) is 53.9 Å². The summed E-state index contributed by atoms with van der Waals surface area (Å²) in [5.41, 5.74) is 1.35. The second-order valence-electron chi connectivity index (χ2n) is 6.09. The number of rotatable bonds is 4. The molecule has 0 spiro atoms. The first-order valence-corrected chi connectivity index (χ1v) is 7.66. The number of piperazine rings is 1. The van der Waals surface area contributed by atoms with E-state index in [0.717, 1.165) is 25.4 Å². The van der Waals surface area contributed by atoms with E-state index in [4.69, 9.17) is 4.52 Å². The van der Waals surface area contributed by atoms with Gasteiger partial charge in [0.05, 0.1) is 12.7 Å². The predicted octanol–water partition coefficient (Wildman–Crippen LogP) is 2.85. The Morgan fingerprint density at radius 3 is 2.76 bits per heavy atom. The molecule has 0 saturated carbocycles. The third-order valence-electron chi connectivity index (χ3n) is 4.28. The number of nitrogens with zero attached hydrogens (tertiary/aromatic N) is 2. The van der Waals surface area contributed by atoms with Crippen molar-refractivity contribution in [3.8, 4) is 0 Å². The topological polar surface area (TPSA) is 41.3 Å². The van der Waals surface area contributed by atoms with Crippen molar-refractivity contribution in [2.75, 3.05) is 13.1 Å². The largest absolute Gasteiger partial charge is 0.360 e. The first kappa shape index (κ1) is 14.3. The average molecular weight is 285 g/mol. The fraction of sp³-hybridized carbons (Fsp3) is 0.471.